The van der Waals surface area contributed by atoms with E-state index in [0.717, 1.165) is 12.8 Å². The van der Waals surface area contributed by atoms with Gasteiger partial charge in [-0.1, -0.05) is 41.0 Å². The Balaban J connectivity index is 0. The number of hydrogen-bond donors (Lipinski definition) is 0. The Morgan fingerprint density at radius 3 is 1.93 bits per heavy atom. The SMILES string of the molecule is CCCC(C)C(=O)C(=O)C(C)(C)C.[Pb]. The molecule has 0 heterocycles. The van der Waals surface area contributed by atoms with Crippen molar-refractivity contribution in [2.75, 3.05) is 0 Å². The zero-order chi connectivity index (χ0) is 10.6. The Bertz CT molecular complexity index is 204. The number of carbonyl (C=O) groups is 2. The van der Waals surface area contributed by atoms with Gasteiger partial charge in [0, 0.05) is 38.6 Å². The van der Waals surface area contributed by atoms with Gasteiger partial charge in [-0.2, -0.15) is 0 Å². The molecule has 0 aromatic carbocycles. The minimum Gasteiger partial charge on any atom is -0.291 e. The van der Waals surface area contributed by atoms with Crippen molar-refractivity contribution in [1.29, 1.82) is 0 Å². The van der Waals surface area contributed by atoms with Crippen LogP contribution in [-0.4, -0.2) is 38.9 Å². The number of hydrogen-bond acceptors (Lipinski definition) is 2. The van der Waals surface area contributed by atoms with Gasteiger partial charge in [0.1, 0.15) is 0 Å². The minimum atomic E-state index is -0.529. The summed E-state index contributed by atoms with van der Waals surface area (Å²) in [4.78, 5) is 23.1. The van der Waals surface area contributed by atoms with Crippen LogP contribution in [-0.2, 0) is 9.59 Å². The second-order valence-corrected chi connectivity index (χ2v) is 4.63. The first kappa shape index (κ1) is 16.7. The van der Waals surface area contributed by atoms with E-state index in [-0.39, 0.29) is 44.8 Å². The number of Topliss-reactive ketones (excluding diaryl/α,β-unsaturated/α-hetero) is 2. The van der Waals surface area contributed by atoms with Crippen LogP contribution >= 0.6 is 0 Å². The van der Waals surface area contributed by atoms with Crippen molar-refractivity contribution in [3.05, 3.63) is 0 Å². The van der Waals surface area contributed by atoms with Gasteiger partial charge < -0.3 is 0 Å². The fourth-order valence-corrected chi connectivity index (χ4v) is 1.16. The molecular weight excluding hydrogens is 371 g/mol. The van der Waals surface area contributed by atoms with Crippen LogP contribution in [0, 0.1) is 11.3 Å². The number of carbonyl (C=O) groups excluding carboxylic acids is 2. The van der Waals surface area contributed by atoms with E-state index in [9.17, 15) is 9.59 Å². The fraction of sp³-hybridized carbons (Fsp3) is 0.818. The van der Waals surface area contributed by atoms with Gasteiger partial charge >= 0.3 is 0 Å². The summed E-state index contributed by atoms with van der Waals surface area (Å²) in [6, 6.07) is 0. The molecule has 0 aromatic rings. The summed E-state index contributed by atoms with van der Waals surface area (Å²) >= 11 is 0. The molecule has 1 unspecified atom stereocenters. The zero-order valence-corrected chi connectivity index (χ0v) is 13.7. The summed E-state index contributed by atoms with van der Waals surface area (Å²) in [5.41, 5.74) is -0.529. The van der Waals surface area contributed by atoms with Gasteiger partial charge in [-0.3, -0.25) is 9.59 Å². The zero-order valence-electron chi connectivity index (χ0n) is 9.81. The molecule has 0 aliphatic carbocycles. The molecule has 0 saturated carbocycles. The van der Waals surface area contributed by atoms with Gasteiger partial charge in [0.15, 0.2) is 0 Å². The maximum absolute atomic E-state index is 11.5. The van der Waals surface area contributed by atoms with Gasteiger partial charge in [0.2, 0.25) is 11.6 Å². The molecule has 0 amide bonds. The van der Waals surface area contributed by atoms with E-state index < -0.39 is 5.41 Å². The summed E-state index contributed by atoms with van der Waals surface area (Å²) in [5.74, 6) is -0.570. The van der Waals surface area contributed by atoms with E-state index in [1.807, 2.05) is 13.8 Å². The van der Waals surface area contributed by atoms with Crippen molar-refractivity contribution in [1.82, 2.24) is 0 Å². The van der Waals surface area contributed by atoms with Gasteiger partial charge in [-0.15, -0.1) is 0 Å². The number of rotatable bonds is 4. The van der Waals surface area contributed by atoms with Crippen molar-refractivity contribution in [3.8, 4) is 0 Å². The average molecular weight is 391 g/mol. The third kappa shape index (κ3) is 5.22. The first-order valence-electron chi connectivity index (χ1n) is 4.89. The van der Waals surface area contributed by atoms with E-state index in [1.54, 1.807) is 20.8 Å². The van der Waals surface area contributed by atoms with E-state index in [2.05, 4.69) is 0 Å². The summed E-state index contributed by atoms with van der Waals surface area (Å²) < 4.78 is 0. The third-order valence-electron chi connectivity index (χ3n) is 2.07. The molecule has 4 radical (unpaired) electrons. The Hall–Kier alpha value is 0.262. The predicted molar refractivity (Wildman–Crippen MR) is 59.3 cm³/mol. The van der Waals surface area contributed by atoms with Gasteiger partial charge in [0.25, 0.3) is 0 Å². The molecule has 3 heteroatoms. The summed E-state index contributed by atoms with van der Waals surface area (Å²) in [7, 11) is 0. The van der Waals surface area contributed by atoms with Crippen molar-refractivity contribution < 1.29 is 9.59 Å². The van der Waals surface area contributed by atoms with Gasteiger partial charge in [-0.25, -0.2) is 0 Å². The van der Waals surface area contributed by atoms with Crippen molar-refractivity contribution in [2.45, 2.75) is 47.5 Å². The molecule has 0 rings (SSSR count). The van der Waals surface area contributed by atoms with Crippen molar-refractivity contribution in [3.63, 3.8) is 0 Å². The van der Waals surface area contributed by atoms with Gasteiger partial charge in [-0.05, 0) is 6.42 Å². The number of ketones is 2. The molecule has 0 aromatic heterocycles. The summed E-state index contributed by atoms with van der Waals surface area (Å²) in [6.45, 7) is 9.20. The first-order chi connectivity index (χ1) is 5.80. The molecule has 0 spiro atoms. The molecule has 80 valence electrons. The second kappa shape index (κ2) is 6.69. The van der Waals surface area contributed by atoms with E-state index in [4.69, 9.17) is 0 Å². The molecular formula is C11H20O2Pb. The molecule has 2 nitrogen and oxygen atoms in total. The van der Waals surface area contributed by atoms with Gasteiger partial charge in [0.05, 0.1) is 0 Å². The predicted octanol–water partition coefficient (Wildman–Crippen LogP) is 2.23. The van der Waals surface area contributed by atoms with Crippen LogP contribution in [0.2, 0.25) is 0 Å². The van der Waals surface area contributed by atoms with Crippen LogP contribution in [0.1, 0.15) is 47.5 Å². The molecule has 0 bridgehead atoms. The maximum Gasteiger partial charge on any atom is 0.203 e. The average Bonchev–Trinajstić information content (AvgIpc) is 2.00. The third-order valence-corrected chi connectivity index (χ3v) is 2.07. The monoisotopic (exact) mass is 392 g/mol. The largest absolute Gasteiger partial charge is 0.291 e. The van der Waals surface area contributed by atoms with E-state index in [1.165, 1.54) is 0 Å². The Labute approximate surface area is 107 Å². The normalized spacial score (nSPS) is 12.9. The standard InChI is InChI=1S/C11H20O2.Pb/c1-6-7-8(2)9(12)10(13)11(3,4)5;/h8H,6-7H2,1-5H3;. The fourth-order valence-electron chi connectivity index (χ4n) is 1.16. The second-order valence-electron chi connectivity index (χ2n) is 4.63. The van der Waals surface area contributed by atoms with Crippen molar-refractivity contribution in [2.24, 2.45) is 11.3 Å². The topological polar surface area (TPSA) is 34.1 Å². The molecule has 0 fully saturated rings. The Morgan fingerprint density at radius 1 is 1.21 bits per heavy atom. The Kier molecular flexibility index (Phi) is 7.97. The van der Waals surface area contributed by atoms with E-state index >= 15 is 0 Å². The van der Waals surface area contributed by atoms with Crippen LogP contribution in [0.5, 0.6) is 0 Å². The molecule has 0 aliphatic heterocycles. The van der Waals surface area contributed by atoms with E-state index in [0.29, 0.717) is 0 Å². The van der Waals surface area contributed by atoms with Crippen LogP contribution in [0.4, 0.5) is 0 Å². The summed E-state index contributed by atoms with van der Waals surface area (Å²) in [5, 5.41) is 0. The molecule has 1 atom stereocenters. The maximum atomic E-state index is 11.5. The molecule has 14 heavy (non-hydrogen) atoms. The van der Waals surface area contributed by atoms with Crippen LogP contribution in [0.25, 0.3) is 0 Å². The molecule has 0 N–H and O–H groups in total. The minimum absolute atomic E-state index is 0. The summed E-state index contributed by atoms with van der Waals surface area (Å²) in [6.07, 6.45) is 1.75. The van der Waals surface area contributed by atoms with Crippen molar-refractivity contribution >= 4 is 38.9 Å². The molecule has 0 aliphatic rings. The quantitative estimate of drug-likeness (QED) is 0.544. The smallest absolute Gasteiger partial charge is 0.203 e. The molecule has 0 saturated heterocycles. The van der Waals surface area contributed by atoms with Crippen LogP contribution in [0.3, 0.4) is 0 Å². The first-order valence-corrected chi connectivity index (χ1v) is 4.89. The Morgan fingerprint density at radius 2 is 1.64 bits per heavy atom. The van der Waals surface area contributed by atoms with Crippen LogP contribution in [0.15, 0.2) is 0 Å². The van der Waals surface area contributed by atoms with Crippen LogP contribution < -0.4 is 0 Å².